The second kappa shape index (κ2) is 19.3. The van der Waals surface area contributed by atoms with Gasteiger partial charge in [-0.05, 0) is 12.8 Å². The van der Waals surface area contributed by atoms with Crippen molar-refractivity contribution >= 4 is 8.60 Å². The summed E-state index contributed by atoms with van der Waals surface area (Å²) >= 11 is 0. The first-order chi connectivity index (χ1) is 12.6. The van der Waals surface area contributed by atoms with Crippen LogP contribution in [0.3, 0.4) is 0 Å². The summed E-state index contributed by atoms with van der Waals surface area (Å²) in [5.41, 5.74) is 0. The van der Waals surface area contributed by atoms with Gasteiger partial charge in [0, 0.05) is 0 Å². The van der Waals surface area contributed by atoms with E-state index in [0.29, 0.717) is 0 Å². The molecule has 0 spiro atoms. The molecular weight excluding hydrogens is 347 g/mol. The minimum Gasteiger partial charge on any atom is -0.786 e. The van der Waals surface area contributed by atoms with Gasteiger partial charge in [-0.3, -0.25) is 0 Å². The maximum atomic E-state index is 8.70. The molecule has 5 nitrogen and oxygen atoms in total. The van der Waals surface area contributed by atoms with Gasteiger partial charge in [-0.1, -0.05) is 84.0 Å². The number of imidazole rings is 1. The smallest absolute Gasteiger partial charge is 0.243 e. The predicted molar refractivity (Wildman–Crippen MR) is 107 cm³/mol. The third kappa shape index (κ3) is 19.8. The summed E-state index contributed by atoms with van der Waals surface area (Å²) in [7, 11) is -0.785. The fraction of sp³-hybridized carbons (Fsp3) is 0.850. The molecule has 1 aromatic rings. The molecule has 0 saturated heterocycles. The van der Waals surface area contributed by atoms with Gasteiger partial charge in [-0.15, -0.1) is 0 Å². The first-order valence-electron chi connectivity index (χ1n) is 10.4. The van der Waals surface area contributed by atoms with Crippen LogP contribution in [0.1, 0.15) is 96.8 Å². The third-order valence-corrected chi connectivity index (χ3v) is 4.59. The van der Waals surface area contributed by atoms with E-state index < -0.39 is 8.60 Å². The quantitative estimate of drug-likeness (QED) is 0.266. The van der Waals surface area contributed by atoms with Gasteiger partial charge in [-0.2, -0.15) is 0 Å². The largest absolute Gasteiger partial charge is 0.786 e. The van der Waals surface area contributed by atoms with Crippen LogP contribution in [0, 0.1) is 0 Å². The van der Waals surface area contributed by atoms with E-state index in [2.05, 4.69) is 41.8 Å². The maximum absolute atomic E-state index is 8.70. The van der Waals surface area contributed by atoms with E-state index in [9.17, 15) is 0 Å². The number of hydrogen-bond donors (Lipinski definition) is 2. The van der Waals surface area contributed by atoms with Crippen LogP contribution in [0.25, 0.3) is 0 Å². The molecule has 1 aromatic heterocycles. The van der Waals surface area contributed by atoms with Crippen molar-refractivity contribution in [2.24, 2.45) is 7.05 Å². The zero-order valence-electron chi connectivity index (χ0n) is 17.0. The maximum Gasteiger partial charge on any atom is 0.243 e. The summed E-state index contributed by atoms with van der Waals surface area (Å²) in [5, 5.41) is 0. The van der Waals surface area contributed by atoms with Gasteiger partial charge in [-0.25, -0.2) is 9.13 Å². The van der Waals surface area contributed by atoms with E-state index in [1.54, 1.807) is 0 Å². The molecule has 0 radical (unpaired) electrons. The Morgan fingerprint density at radius 2 is 1.19 bits per heavy atom. The minimum atomic E-state index is -2.87. The van der Waals surface area contributed by atoms with Gasteiger partial charge < -0.3 is 14.7 Å². The van der Waals surface area contributed by atoms with E-state index in [4.69, 9.17) is 14.7 Å². The Kier molecular flexibility index (Phi) is 18.9. The van der Waals surface area contributed by atoms with Crippen molar-refractivity contribution in [3.63, 3.8) is 0 Å². The molecule has 2 N–H and O–H groups in total. The van der Waals surface area contributed by atoms with Crippen LogP contribution in [-0.2, 0) is 13.6 Å². The monoisotopic (exact) mass is 388 g/mol. The molecule has 26 heavy (non-hydrogen) atoms. The van der Waals surface area contributed by atoms with Crippen molar-refractivity contribution in [2.45, 2.75) is 103 Å². The zero-order valence-corrected chi connectivity index (χ0v) is 17.9. The predicted octanol–water partition coefficient (Wildman–Crippen LogP) is 4.35. The normalized spacial score (nSPS) is 10.8. The van der Waals surface area contributed by atoms with E-state index in [1.807, 2.05) is 0 Å². The molecule has 0 aliphatic heterocycles. The van der Waals surface area contributed by atoms with Crippen LogP contribution in [0.5, 0.6) is 0 Å². The lowest BCUT2D eigenvalue weighted by Crippen LogP contribution is -2.23. The second-order valence-electron chi connectivity index (χ2n) is 7.17. The fourth-order valence-electron chi connectivity index (χ4n) is 3.12. The molecule has 0 bridgehead atoms. The van der Waals surface area contributed by atoms with Gasteiger partial charge in [0.2, 0.25) is 6.33 Å². The number of rotatable bonds is 15. The van der Waals surface area contributed by atoms with E-state index in [0.717, 1.165) is 0 Å². The summed E-state index contributed by atoms with van der Waals surface area (Å²) in [6.45, 7) is 3.47. The number of nitrogens with zero attached hydrogens (tertiary/aromatic N) is 2. The topological polar surface area (TPSA) is 72.3 Å². The molecule has 0 aromatic carbocycles. The van der Waals surface area contributed by atoms with Gasteiger partial charge in [0.1, 0.15) is 12.4 Å². The highest BCUT2D eigenvalue weighted by Gasteiger charge is 1.99. The molecule has 1 heterocycles. The average molecular weight is 389 g/mol. The van der Waals surface area contributed by atoms with E-state index in [-0.39, 0.29) is 0 Å². The van der Waals surface area contributed by atoms with Crippen molar-refractivity contribution in [2.75, 3.05) is 0 Å². The molecule has 6 heteroatoms. The Hall–Kier alpha value is -0.480. The fourth-order valence-corrected chi connectivity index (χ4v) is 3.12. The van der Waals surface area contributed by atoms with E-state index >= 15 is 0 Å². The van der Waals surface area contributed by atoms with Crippen LogP contribution >= 0.6 is 8.60 Å². The van der Waals surface area contributed by atoms with Gasteiger partial charge in [0.25, 0.3) is 0 Å². The Labute approximate surface area is 162 Å². The second-order valence-corrected chi connectivity index (χ2v) is 7.67. The lowest BCUT2D eigenvalue weighted by molar-refractivity contribution is -0.671. The number of aryl methyl sites for hydroxylation is 2. The standard InChI is InChI=1S/C20H39N2.H2O3P/c1-3-4-5-6-7-8-9-10-11-12-13-14-15-16-17-22-19-18-21(2)20-22;1-4(2)3/h18-20H,3-17H2,1-2H3;1-2H/q+1;-1. The number of unbranched alkanes of at least 4 members (excludes halogenated alkanes) is 13. The first-order valence-corrected chi connectivity index (χ1v) is 11.6. The molecule has 0 aliphatic rings. The van der Waals surface area contributed by atoms with Crippen molar-refractivity contribution in [3.8, 4) is 0 Å². The minimum absolute atomic E-state index is 1.18. The Bertz CT molecular complexity index is 397. The van der Waals surface area contributed by atoms with Gasteiger partial charge >= 0.3 is 0 Å². The SMILES string of the molecule is CCCCCCCCCCCCCCCCn1cc[n+](C)c1.[O-]P(O)O. The lowest BCUT2D eigenvalue weighted by atomic mass is 10.0. The lowest BCUT2D eigenvalue weighted by Gasteiger charge is -2.03. The summed E-state index contributed by atoms with van der Waals surface area (Å²) in [6.07, 6.45) is 26.5. The van der Waals surface area contributed by atoms with Crippen molar-refractivity contribution in [1.29, 1.82) is 0 Å². The molecule has 154 valence electrons. The number of hydrogen-bond acceptors (Lipinski definition) is 3. The summed E-state index contributed by atoms with van der Waals surface area (Å²) in [6, 6.07) is 0. The average Bonchev–Trinajstić information content (AvgIpc) is 3.00. The summed E-state index contributed by atoms with van der Waals surface area (Å²) in [5.74, 6) is 0. The third-order valence-electron chi connectivity index (χ3n) is 4.59. The van der Waals surface area contributed by atoms with Crippen LogP contribution < -0.4 is 9.46 Å². The molecule has 0 unspecified atom stereocenters. The highest BCUT2D eigenvalue weighted by Crippen LogP contribution is 2.13. The highest BCUT2D eigenvalue weighted by molar-refractivity contribution is 7.36. The van der Waals surface area contributed by atoms with E-state index in [1.165, 1.54) is 96.4 Å². The van der Waals surface area contributed by atoms with Crippen LogP contribution in [0.4, 0.5) is 0 Å². The van der Waals surface area contributed by atoms with Crippen molar-refractivity contribution in [3.05, 3.63) is 18.7 Å². The first kappa shape index (κ1) is 25.5. The Balaban J connectivity index is 0.00000141. The molecule has 0 atom stereocenters. The van der Waals surface area contributed by atoms with Gasteiger partial charge in [0.15, 0.2) is 0 Å². The van der Waals surface area contributed by atoms with Crippen molar-refractivity contribution < 1.29 is 19.2 Å². The molecule has 1 rings (SSSR count). The number of aromatic nitrogens is 2. The van der Waals surface area contributed by atoms with Crippen LogP contribution in [0.15, 0.2) is 18.7 Å². The summed E-state index contributed by atoms with van der Waals surface area (Å²) < 4.78 is 4.41. The van der Waals surface area contributed by atoms with Crippen molar-refractivity contribution in [1.82, 2.24) is 4.57 Å². The Morgan fingerprint density at radius 3 is 1.54 bits per heavy atom. The highest BCUT2D eigenvalue weighted by atomic mass is 31.2. The molecule has 0 fully saturated rings. The molecule has 0 aliphatic carbocycles. The van der Waals surface area contributed by atoms with Crippen LogP contribution in [0.2, 0.25) is 0 Å². The molecule has 0 saturated carbocycles. The Morgan fingerprint density at radius 1 is 0.808 bits per heavy atom. The summed E-state index contributed by atoms with van der Waals surface area (Å²) in [4.78, 5) is 22.9. The van der Waals surface area contributed by atoms with Crippen LogP contribution in [-0.4, -0.2) is 14.4 Å². The molecule has 0 amide bonds. The zero-order chi connectivity index (χ0) is 19.5. The van der Waals surface area contributed by atoms with Gasteiger partial charge in [0.05, 0.1) is 22.2 Å². The molecular formula is C20H41N2O3P.